The Bertz CT molecular complexity index is 255. The van der Waals surface area contributed by atoms with Crippen LogP contribution >= 0.6 is 0 Å². The summed E-state index contributed by atoms with van der Waals surface area (Å²) in [7, 11) is 0. The van der Waals surface area contributed by atoms with Crippen LogP contribution in [0.15, 0.2) is 0 Å². The molecule has 0 aromatic rings. The summed E-state index contributed by atoms with van der Waals surface area (Å²) in [6, 6.07) is -0.0260. The number of carboxylic acids is 1. The van der Waals surface area contributed by atoms with Gasteiger partial charge in [-0.1, -0.05) is 19.8 Å². The molecule has 0 aliphatic heterocycles. The van der Waals surface area contributed by atoms with E-state index in [9.17, 15) is 9.59 Å². The van der Waals surface area contributed by atoms with Crippen molar-refractivity contribution in [2.75, 3.05) is 6.54 Å². The largest absolute Gasteiger partial charge is 0.481 e. The number of carbonyl (C=O) groups excluding carboxylic acids is 1. The normalized spacial score (nSPS) is 12.2. The van der Waals surface area contributed by atoms with Gasteiger partial charge in [-0.15, -0.1) is 0 Å². The molecule has 0 spiro atoms. The first kappa shape index (κ1) is 16.7. The van der Waals surface area contributed by atoms with Gasteiger partial charge in [0.25, 0.3) is 0 Å². The summed E-state index contributed by atoms with van der Waals surface area (Å²) < 4.78 is 0. The fraction of sp³-hybridized carbons (Fsp3) is 0.846. The molecule has 0 heterocycles. The van der Waals surface area contributed by atoms with Gasteiger partial charge in [-0.25, -0.2) is 4.79 Å². The number of carbonyl (C=O) groups is 2. The monoisotopic (exact) mass is 258 g/mol. The summed E-state index contributed by atoms with van der Waals surface area (Å²) in [5.74, 6) is -0.368. The van der Waals surface area contributed by atoms with E-state index in [0.29, 0.717) is 18.9 Å². The Hall–Kier alpha value is -1.26. The highest BCUT2D eigenvalue weighted by atomic mass is 16.4. The highest BCUT2D eigenvalue weighted by Crippen LogP contribution is 2.16. The van der Waals surface area contributed by atoms with Gasteiger partial charge in [0.05, 0.1) is 0 Å². The third-order valence-corrected chi connectivity index (χ3v) is 2.72. The first-order valence-electron chi connectivity index (χ1n) is 6.71. The third kappa shape index (κ3) is 9.93. The highest BCUT2D eigenvalue weighted by Gasteiger charge is 2.11. The van der Waals surface area contributed by atoms with E-state index in [1.807, 2.05) is 13.8 Å². The molecule has 1 atom stereocenters. The minimum absolute atomic E-state index is 0.128. The van der Waals surface area contributed by atoms with Crippen LogP contribution in [0, 0.1) is 5.92 Å². The van der Waals surface area contributed by atoms with Crippen LogP contribution in [0.4, 0.5) is 4.79 Å². The average Bonchev–Trinajstić information content (AvgIpc) is 2.24. The van der Waals surface area contributed by atoms with E-state index in [0.717, 1.165) is 19.3 Å². The number of urea groups is 1. The number of hydrogen-bond acceptors (Lipinski definition) is 2. The third-order valence-electron chi connectivity index (χ3n) is 2.72. The molecule has 0 aromatic carbocycles. The number of carboxylic acid groups (broad SMARTS) is 1. The fourth-order valence-corrected chi connectivity index (χ4v) is 1.87. The molecule has 0 rings (SSSR count). The van der Waals surface area contributed by atoms with Crippen LogP contribution in [0.3, 0.4) is 0 Å². The molecule has 3 N–H and O–H groups in total. The predicted molar refractivity (Wildman–Crippen MR) is 71.6 cm³/mol. The Morgan fingerprint density at radius 2 is 1.83 bits per heavy atom. The van der Waals surface area contributed by atoms with Crippen LogP contribution in [0.2, 0.25) is 0 Å². The molecule has 0 aliphatic rings. The second kappa shape index (κ2) is 9.74. The van der Waals surface area contributed by atoms with E-state index >= 15 is 0 Å². The van der Waals surface area contributed by atoms with Gasteiger partial charge in [0.1, 0.15) is 0 Å². The molecule has 18 heavy (non-hydrogen) atoms. The zero-order valence-corrected chi connectivity index (χ0v) is 11.7. The standard InChI is InChI=1S/C13H26N2O3/c1-4-5-11(6-7-12(16)17)8-9-14-13(18)15-10(2)3/h10-11H,4-9H2,1-3H3,(H,16,17)(H2,14,15,18). The van der Waals surface area contributed by atoms with Crippen molar-refractivity contribution in [1.82, 2.24) is 10.6 Å². The molecule has 0 aromatic heterocycles. The molecule has 1 unspecified atom stereocenters. The Balaban J connectivity index is 3.81. The molecule has 0 bridgehead atoms. The van der Waals surface area contributed by atoms with E-state index in [4.69, 9.17) is 5.11 Å². The van der Waals surface area contributed by atoms with Crippen LogP contribution in [-0.4, -0.2) is 29.7 Å². The number of aliphatic carboxylic acids is 1. The number of hydrogen-bond donors (Lipinski definition) is 3. The number of nitrogens with one attached hydrogen (secondary N) is 2. The zero-order valence-electron chi connectivity index (χ0n) is 11.7. The average molecular weight is 258 g/mol. The SMILES string of the molecule is CCCC(CCNC(=O)NC(C)C)CCC(=O)O. The summed E-state index contributed by atoms with van der Waals surface area (Å²) >= 11 is 0. The predicted octanol–water partition coefficient (Wildman–Crippen LogP) is 2.37. The summed E-state index contributed by atoms with van der Waals surface area (Å²) in [6.45, 7) is 6.51. The van der Waals surface area contributed by atoms with Gasteiger partial charge in [0.15, 0.2) is 0 Å². The molecule has 0 aliphatic carbocycles. The summed E-state index contributed by atoms with van der Waals surface area (Å²) in [5.41, 5.74) is 0. The Morgan fingerprint density at radius 3 is 2.33 bits per heavy atom. The zero-order chi connectivity index (χ0) is 14.0. The van der Waals surface area contributed by atoms with E-state index < -0.39 is 5.97 Å². The van der Waals surface area contributed by atoms with Gasteiger partial charge >= 0.3 is 12.0 Å². The lowest BCUT2D eigenvalue weighted by Gasteiger charge is -2.16. The lowest BCUT2D eigenvalue weighted by molar-refractivity contribution is -0.137. The lowest BCUT2D eigenvalue weighted by Crippen LogP contribution is -2.40. The van der Waals surface area contributed by atoms with Gasteiger partial charge in [-0.05, 0) is 32.6 Å². The minimum Gasteiger partial charge on any atom is -0.481 e. The van der Waals surface area contributed by atoms with Gasteiger partial charge in [0.2, 0.25) is 0 Å². The van der Waals surface area contributed by atoms with Crippen LogP contribution in [-0.2, 0) is 4.79 Å². The first-order chi connectivity index (χ1) is 8.45. The van der Waals surface area contributed by atoms with Crippen molar-refractivity contribution < 1.29 is 14.7 Å². The second-order valence-electron chi connectivity index (χ2n) is 4.93. The number of rotatable bonds is 9. The maximum atomic E-state index is 11.3. The van der Waals surface area contributed by atoms with Crippen molar-refractivity contribution in [1.29, 1.82) is 0 Å². The molecule has 2 amide bonds. The molecule has 0 fully saturated rings. The van der Waals surface area contributed by atoms with Crippen molar-refractivity contribution >= 4 is 12.0 Å². The summed E-state index contributed by atoms with van der Waals surface area (Å²) in [6.07, 6.45) is 3.80. The van der Waals surface area contributed by atoms with Crippen molar-refractivity contribution in [3.63, 3.8) is 0 Å². The lowest BCUT2D eigenvalue weighted by atomic mass is 9.94. The van der Waals surface area contributed by atoms with Crippen LogP contribution in [0.25, 0.3) is 0 Å². The summed E-state index contributed by atoms with van der Waals surface area (Å²) in [4.78, 5) is 21.9. The van der Waals surface area contributed by atoms with E-state index in [-0.39, 0.29) is 18.5 Å². The fourth-order valence-electron chi connectivity index (χ4n) is 1.87. The first-order valence-corrected chi connectivity index (χ1v) is 6.71. The van der Waals surface area contributed by atoms with Gasteiger partial charge in [-0.2, -0.15) is 0 Å². The van der Waals surface area contributed by atoms with Crippen molar-refractivity contribution in [3.05, 3.63) is 0 Å². The molecular formula is C13H26N2O3. The van der Waals surface area contributed by atoms with Crippen molar-refractivity contribution in [2.24, 2.45) is 5.92 Å². The van der Waals surface area contributed by atoms with Gasteiger partial charge < -0.3 is 15.7 Å². The minimum atomic E-state index is -0.749. The maximum Gasteiger partial charge on any atom is 0.314 e. The Kier molecular flexibility index (Phi) is 9.06. The molecular weight excluding hydrogens is 232 g/mol. The number of amides is 2. The molecule has 0 saturated heterocycles. The van der Waals surface area contributed by atoms with Crippen molar-refractivity contribution in [3.8, 4) is 0 Å². The van der Waals surface area contributed by atoms with Crippen LogP contribution < -0.4 is 10.6 Å². The van der Waals surface area contributed by atoms with Gasteiger partial charge in [0, 0.05) is 19.0 Å². The smallest absolute Gasteiger partial charge is 0.314 e. The Morgan fingerprint density at radius 1 is 1.17 bits per heavy atom. The highest BCUT2D eigenvalue weighted by molar-refractivity contribution is 5.74. The maximum absolute atomic E-state index is 11.3. The van der Waals surface area contributed by atoms with E-state index in [2.05, 4.69) is 17.6 Å². The van der Waals surface area contributed by atoms with Crippen LogP contribution in [0.1, 0.15) is 52.9 Å². The van der Waals surface area contributed by atoms with Crippen molar-refractivity contribution in [2.45, 2.75) is 58.9 Å². The second-order valence-corrected chi connectivity index (χ2v) is 4.93. The molecule has 5 nitrogen and oxygen atoms in total. The quantitative estimate of drug-likeness (QED) is 0.594. The molecule has 106 valence electrons. The molecule has 5 heteroatoms. The van der Waals surface area contributed by atoms with E-state index in [1.165, 1.54) is 0 Å². The topological polar surface area (TPSA) is 78.4 Å². The van der Waals surface area contributed by atoms with Gasteiger partial charge in [-0.3, -0.25) is 4.79 Å². The molecule has 0 saturated carbocycles. The summed E-state index contributed by atoms with van der Waals surface area (Å²) in [5, 5.41) is 14.2. The molecule has 0 radical (unpaired) electrons. The Labute approximate surface area is 109 Å². The van der Waals surface area contributed by atoms with Crippen LogP contribution in [0.5, 0.6) is 0 Å². The van der Waals surface area contributed by atoms with E-state index in [1.54, 1.807) is 0 Å².